The number of nitrogens with zero attached hydrogens (tertiary/aromatic N) is 4. The van der Waals surface area contributed by atoms with Gasteiger partial charge in [0.25, 0.3) is 0 Å². The monoisotopic (exact) mass is 1870 g/mol. The van der Waals surface area contributed by atoms with Crippen LogP contribution in [0.25, 0.3) is 22.0 Å². The number of carbonyl (C=O) groups excluding carboxylic acids is 15. The largest absolute Gasteiger partial charge is 0.508 e. The van der Waals surface area contributed by atoms with Gasteiger partial charge in [0.1, 0.15) is 78.0 Å². The average molecular weight is 1870 g/mol. The third-order valence-corrected chi connectivity index (χ3v) is 24.1. The molecule has 0 aliphatic carbocycles. The van der Waals surface area contributed by atoms with Gasteiger partial charge in [-0.3, -0.25) is 71.9 Å². The van der Waals surface area contributed by atoms with Crippen molar-refractivity contribution < 1.29 is 82.1 Å². The fourth-order valence-electron chi connectivity index (χ4n) is 15.4. The summed E-state index contributed by atoms with van der Waals surface area (Å²) < 4.78 is 0. The molecule has 8 aromatic rings. The Hall–Kier alpha value is -13.8. The van der Waals surface area contributed by atoms with E-state index in [1.807, 2.05) is 49.4 Å². The van der Waals surface area contributed by atoms with Crippen LogP contribution in [0.15, 0.2) is 194 Å². The minimum Gasteiger partial charge on any atom is -0.508 e. The van der Waals surface area contributed by atoms with Crippen LogP contribution < -0.4 is 70.4 Å². The topological polar surface area (TPSA) is 524 Å². The molecular formula is C97H121N18O17PS. The summed E-state index contributed by atoms with van der Waals surface area (Å²) in [6.07, 6.45) is 0.882. The van der Waals surface area contributed by atoms with Gasteiger partial charge >= 0.3 is 0 Å². The number of aromatic amines is 1. The first-order valence-electron chi connectivity index (χ1n) is 44.3. The molecule has 0 spiro atoms. The highest BCUT2D eigenvalue weighted by Gasteiger charge is 2.41. The number of fused-ring (bicyclic) bond motifs is 1. The lowest BCUT2D eigenvalue weighted by molar-refractivity contribution is -0.147. The molecule has 9 rings (SSSR count). The highest BCUT2D eigenvalue weighted by Crippen LogP contribution is 2.25. The predicted octanol–water partition coefficient (Wildman–Crippen LogP) is 2.49. The minimum atomic E-state index is -1.61. The molecule has 0 saturated carbocycles. The Balaban J connectivity index is 1.11. The summed E-state index contributed by atoms with van der Waals surface area (Å²) in [5.41, 5.74) is 23.1. The lowest BCUT2D eigenvalue weighted by Gasteiger charge is -2.34. The summed E-state index contributed by atoms with van der Waals surface area (Å²) in [6, 6.07) is 36.0. The van der Waals surface area contributed by atoms with Gasteiger partial charge in [-0.2, -0.15) is 0 Å². The highest BCUT2D eigenvalue weighted by atomic mass is 32.2. The maximum absolute atomic E-state index is 15.6. The van der Waals surface area contributed by atoms with Crippen LogP contribution in [0.3, 0.4) is 0 Å². The van der Waals surface area contributed by atoms with Gasteiger partial charge in [-0.25, -0.2) is 0 Å². The van der Waals surface area contributed by atoms with E-state index in [0.717, 1.165) is 37.6 Å². The number of rotatable bonds is 25. The van der Waals surface area contributed by atoms with Crippen molar-refractivity contribution in [2.75, 3.05) is 65.9 Å². The second kappa shape index (κ2) is 51.3. The number of nitrogens with two attached hydrogens (primary N) is 3. The number of phenols is 2. The second-order valence-electron chi connectivity index (χ2n) is 33.7. The Morgan fingerprint density at radius 3 is 1.45 bits per heavy atom. The summed E-state index contributed by atoms with van der Waals surface area (Å²) in [6.45, 7) is 2.95. The summed E-state index contributed by atoms with van der Waals surface area (Å²) in [5.74, 6) is -15.0. The van der Waals surface area contributed by atoms with Crippen LogP contribution in [-0.2, 0) is 110 Å². The fraction of sp³-hybridized carbons (Fsp3) is 0.381. The number of aromatic hydroxyl groups is 2. The van der Waals surface area contributed by atoms with E-state index < -0.39 is 192 Å². The summed E-state index contributed by atoms with van der Waals surface area (Å²) in [7, 11) is 8.62. The molecule has 15 amide bonds. The van der Waals surface area contributed by atoms with E-state index in [1.165, 1.54) is 81.6 Å². The average Bonchev–Trinajstić information content (AvgIpc) is 1.77. The molecular weight excluding hydrogens is 1750 g/mol. The number of H-pyrrole nitrogens is 1. The van der Waals surface area contributed by atoms with Gasteiger partial charge in [-0.1, -0.05) is 191 Å². The SMILES string of the molecule is CCCC[C@H]1C(=O)N(C)CC(=O)N[C@@H](CC(N)=P)C(=O)N[C@@H](C(C)C)C(=O)N(C)[C@@H](Cc2ccccc2)C(=O)N[C@@H](Cc2ccc(O)cc2)C(=O)N(C)CC(=O)N[C@@H](Cc2c[nH]c3ccccc23)C(=O)N[C@@H](Cc2ccc(O)cc2)C(=O)N[C@@H](CCCN)C(=O)N[C@H](C(=O)NCC(N)=O)CSCC(=O)N[C@@H](Cc2ccccc2)C(=O)N[C@@H](Cc2ccc(-c3ccccc3)cc2)C(=O)N1C. The van der Waals surface area contributed by atoms with E-state index in [-0.39, 0.29) is 87.7 Å². The van der Waals surface area contributed by atoms with Crippen molar-refractivity contribution in [3.05, 3.63) is 228 Å². The lowest BCUT2D eigenvalue weighted by Crippen LogP contribution is -2.61. The van der Waals surface area contributed by atoms with Crippen molar-refractivity contribution in [1.82, 2.24) is 77.8 Å². The van der Waals surface area contributed by atoms with Crippen molar-refractivity contribution in [1.29, 1.82) is 0 Å². The summed E-state index contributed by atoms with van der Waals surface area (Å²) >= 11 is 0.820. The highest BCUT2D eigenvalue weighted by molar-refractivity contribution is 8.00. The zero-order chi connectivity index (χ0) is 97.2. The van der Waals surface area contributed by atoms with E-state index >= 15 is 38.4 Å². The van der Waals surface area contributed by atoms with Crippen LogP contribution in [0.4, 0.5) is 0 Å². The molecule has 1 aliphatic heterocycles. The standard InChI is InChI=1S/C97H121N18O17PS/c1-8-9-31-79-96(131)113(5)55-84(120)104-75(51-82(100)133)92(127)111-86(58(2)3)97(132)115(7)80(49-60-24-15-11-16-25-60)93(128)109-76(47-63-36-42-68(117)43-37-63)94(129)112(4)54-83(119)103-74(50-66-52-101-70-29-20-19-28-69(66)70)91(126)107-73(46-62-34-40-67(116)41-35-62)90(125)106-71(30-21-44-98)88(123)110-78(87(122)102-53-81(99)118)56-134-57-85(121)105-72(45-59-22-13-10-14-23-59)89(124)108-77(95(130)114(79)6)48-61-32-38-65(39-33-61)64-26-17-12-18-27-64/h10-20,22-29,32-43,52,58,71-80,86,101,116-117,133H,8-9,21,30-31,44-51,53-57,98,100H2,1-7H3,(H2,99,118)(H,102,122)(H,103,119)(H,104,120)(H,105,121)(H,106,125)(H,107,126)(H,108,124)(H,109,128)(H,110,123)(H,111,127)/t71-,72-,73-,74-,75-,76-,77-,78-,79-,80-,86-/m0/s1. The molecule has 1 aliphatic rings. The van der Waals surface area contributed by atoms with Crippen LogP contribution in [0, 0.1) is 5.92 Å². The molecule has 0 bridgehead atoms. The van der Waals surface area contributed by atoms with Gasteiger partial charge in [-0.05, 0) is 107 Å². The van der Waals surface area contributed by atoms with E-state index in [9.17, 15) is 43.8 Å². The van der Waals surface area contributed by atoms with Crippen molar-refractivity contribution in [2.45, 2.75) is 164 Å². The molecule has 712 valence electrons. The first kappa shape index (κ1) is 104. The smallest absolute Gasteiger partial charge is 0.245 e. The van der Waals surface area contributed by atoms with Crippen molar-refractivity contribution >= 4 is 126 Å². The van der Waals surface area contributed by atoms with Gasteiger partial charge < -0.3 is 105 Å². The molecule has 1 fully saturated rings. The number of amides is 15. The molecule has 2 heterocycles. The Morgan fingerprint density at radius 2 is 0.896 bits per heavy atom. The molecule has 37 heteroatoms. The van der Waals surface area contributed by atoms with E-state index in [1.54, 1.807) is 117 Å². The summed E-state index contributed by atoms with van der Waals surface area (Å²) in [4.78, 5) is 231. The number of hydrogen-bond donors (Lipinski definition) is 16. The van der Waals surface area contributed by atoms with Crippen LogP contribution in [0.2, 0.25) is 0 Å². The van der Waals surface area contributed by atoms with E-state index in [0.29, 0.717) is 57.1 Å². The van der Waals surface area contributed by atoms with Gasteiger partial charge in [0, 0.05) is 101 Å². The van der Waals surface area contributed by atoms with Gasteiger partial charge in [0.2, 0.25) is 88.6 Å². The van der Waals surface area contributed by atoms with Crippen LogP contribution in [0.5, 0.6) is 11.5 Å². The predicted molar refractivity (Wildman–Crippen MR) is 512 cm³/mol. The number of thioether (sulfide) groups is 1. The Morgan fingerprint density at radius 1 is 0.455 bits per heavy atom. The Labute approximate surface area is 784 Å². The maximum Gasteiger partial charge on any atom is 0.245 e. The van der Waals surface area contributed by atoms with Crippen LogP contribution in [-0.4, -0.2) is 261 Å². The van der Waals surface area contributed by atoms with Crippen LogP contribution in [0.1, 0.15) is 92.7 Å². The number of phenolic OH excluding ortho intramolecular Hbond substituents is 2. The fourth-order valence-corrected chi connectivity index (χ4v) is 16.5. The first-order valence-corrected chi connectivity index (χ1v) is 46.0. The molecule has 134 heavy (non-hydrogen) atoms. The number of nitrogens with one attached hydrogen (secondary N) is 11. The zero-order valence-electron chi connectivity index (χ0n) is 76.1. The number of likely N-dealkylation sites (N-methyl/N-ethyl adjacent to an activating group) is 4. The minimum absolute atomic E-state index is 0.0110. The Bertz CT molecular complexity index is 5410. The number of hydrogen-bond acceptors (Lipinski definition) is 19. The van der Waals surface area contributed by atoms with Gasteiger partial charge in [-0.15, -0.1) is 20.6 Å². The molecule has 1 saturated heterocycles. The van der Waals surface area contributed by atoms with Gasteiger partial charge in [0.05, 0.1) is 25.4 Å². The number of aromatic nitrogens is 1. The molecule has 35 nitrogen and oxygen atoms in total. The quantitative estimate of drug-likeness (QED) is 0.0365. The van der Waals surface area contributed by atoms with Crippen molar-refractivity contribution in [3.63, 3.8) is 0 Å². The van der Waals surface area contributed by atoms with Crippen LogP contribution >= 0.6 is 20.6 Å². The van der Waals surface area contributed by atoms with Gasteiger partial charge in [0.15, 0.2) is 0 Å². The maximum atomic E-state index is 15.6. The zero-order valence-corrected chi connectivity index (χ0v) is 77.9. The number of para-hydroxylation sites is 1. The Kier molecular flexibility index (Phi) is 39.7. The molecule has 1 aromatic heterocycles. The lowest BCUT2D eigenvalue weighted by atomic mass is 9.98. The van der Waals surface area contributed by atoms with E-state index in [2.05, 4.69) is 67.0 Å². The molecule has 19 N–H and O–H groups in total. The third-order valence-electron chi connectivity index (χ3n) is 22.9. The first-order chi connectivity index (χ1) is 64.1. The molecule has 11 atom stereocenters. The number of unbranched alkanes of at least 4 members (excludes halogenated alkanes) is 1. The number of carbonyl (C=O) groups is 15. The summed E-state index contributed by atoms with van der Waals surface area (Å²) in [5, 5.41) is 48.7. The normalized spacial score (nSPS) is 21.4. The van der Waals surface area contributed by atoms with Crippen molar-refractivity contribution in [3.8, 4) is 22.6 Å². The van der Waals surface area contributed by atoms with Crippen molar-refractivity contribution in [2.24, 2.45) is 23.1 Å². The third kappa shape index (κ3) is 31.4. The second-order valence-corrected chi connectivity index (χ2v) is 35.3. The molecule has 7 aromatic carbocycles. The molecule has 0 unspecified atom stereocenters. The number of benzene rings is 7. The number of primary amides is 1. The molecule has 0 radical (unpaired) electrons. The van der Waals surface area contributed by atoms with E-state index in [4.69, 9.17) is 17.2 Å².